The summed E-state index contributed by atoms with van der Waals surface area (Å²) in [6.45, 7) is 2.51. The fraction of sp³-hybridized carbons (Fsp3) is 0.182. The number of benzene rings is 2. The van der Waals surface area contributed by atoms with Crippen LogP contribution in [-0.4, -0.2) is 23.3 Å². The van der Waals surface area contributed by atoms with Gasteiger partial charge in [0, 0.05) is 16.5 Å². The molecule has 0 atom stereocenters. The molecule has 0 bridgehead atoms. The number of carbonyl (C=O) groups is 1. The minimum Gasteiger partial charge on any atom is -0.490 e. The van der Waals surface area contributed by atoms with E-state index in [-0.39, 0.29) is 5.91 Å². The number of nitrogens with one attached hydrogen (secondary N) is 1. The van der Waals surface area contributed by atoms with Crippen LogP contribution in [-0.2, 0) is 10.5 Å². The third kappa shape index (κ3) is 4.81. The van der Waals surface area contributed by atoms with Crippen LogP contribution in [0.3, 0.4) is 0 Å². The first-order valence-corrected chi connectivity index (χ1v) is 11.3. The van der Waals surface area contributed by atoms with E-state index in [2.05, 4.69) is 22.4 Å². The van der Waals surface area contributed by atoms with Crippen molar-refractivity contribution in [3.8, 4) is 17.2 Å². The number of hydrogen-bond acceptors (Lipinski definition) is 6. The van der Waals surface area contributed by atoms with Gasteiger partial charge in [0.25, 0.3) is 0 Å². The van der Waals surface area contributed by atoms with Crippen molar-refractivity contribution in [2.45, 2.75) is 12.7 Å². The predicted molar refractivity (Wildman–Crippen MR) is 120 cm³/mol. The molecule has 148 valence electrons. The van der Waals surface area contributed by atoms with Crippen LogP contribution in [0.5, 0.6) is 5.75 Å². The second-order valence-corrected chi connectivity index (χ2v) is 8.13. The van der Waals surface area contributed by atoms with Crippen LogP contribution in [0.15, 0.2) is 64.4 Å². The van der Waals surface area contributed by atoms with Crippen molar-refractivity contribution in [3.63, 3.8) is 0 Å². The number of hydrogen-bond donors (Lipinski definition) is 1. The summed E-state index contributed by atoms with van der Waals surface area (Å²) in [4.78, 5) is 16.7. The van der Waals surface area contributed by atoms with Crippen LogP contribution < -0.4 is 10.1 Å². The molecule has 2 heterocycles. The first-order chi connectivity index (χ1) is 14.2. The SMILES string of the molecule is CCOc1cccc2cc(-c3csc(NC(=O)CSCc4ccccc4)n3)oc12. The van der Waals surface area contributed by atoms with Crippen LogP contribution in [0.2, 0.25) is 0 Å². The van der Waals surface area contributed by atoms with Crippen LogP contribution >= 0.6 is 23.1 Å². The van der Waals surface area contributed by atoms with Crippen LogP contribution in [0, 0.1) is 0 Å². The van der Waals surface area contributed by atoms with Gasteiger partial charge >= 0.3 is 0 Å². The minimum absolute atomic E-state index is 0.0601. The lowest BCUT2D eigenvalue weighted by atomic mass is 10.2. The number of furan rings is 1. The second kappa shape index (κ2) is 9.15. The summed E-state index contributed by atoms with van der Waals surface area (Å²) in [5.74, 6) is 2.50. The maximum absolute atomic E-state index is 12.2. The normalized spacial score (nSPS) is 10.9. The number of rotatable bonds is 8. The highest BCUT2D eigenvalue weighted by Gasteiger charge is 2.14. The molecular formula is C22H20N2O3S2. The molecule has 0 aliphatic heterocycles. The molecule has 2 aromatic carbocycles. The molecule has 0 saturated heterocycles. The van der Waals surface area contributed by atoms with Crippen molar-refractivity contribution in [1.82, 2.24) is 4.98 Å². The number of anilines is 1. The Bertz CT molecular complexity index is 1110. The van der Waals surface area contributed by atoms with E-state index in [4.69, 9.17) is 9.15 Å². The van der Waals surface area contributed by atoms with Crippen molar-refractivity contribution in [3.05, 3.63) is 65.5 Å². The summed E-state index contributed by atoms with van der Waals surface area (Å²) < 4.78 is 11.6. The number of thioether (sulfide) groups is 1. The molecule has 0 unspecified atom stereocenters. The lowest BCUT2D eigenvalue weighted by Gasteiger charge is -2.02. The summed E-state index contributed by atoms with van der Waals surface area (Å²) in [7, 11) is 0. The molecule has 4 rings (SSSR count). The molecule has 1 N–H and O–H groups in total. The van der Waals surface area contributed by atoms with Gasteiger partial charge in [0.05, 0.1) is 12.4 Å². The Balaban J connectivity index is 1.38. The van der Waals surface area contributed by atoms with E-state index in [9.17, 15) is 4.79 Å². The number of ether oxygens (including phenoxy) is 1. The highest BCUT2D eigenvalue weighted by atomic mass is 32.2. The van der Waals surface area contributed by atoms with Gasteiger partial charge in [0.2, 0.25) is 5.91 Å². The van der Waals surface area contributed by atoms with E-state index in [0.29, 0.717) is 34.5 Å². The first-order valence-electron chi connectivity index (χ1n) is 9.25. The number of amides is 1. The fourth-order valence-electron chi connectivity index (χ4n) is 2.87. The second-order valence-electron chi connectivity index (χ2n) is 6.28. The molecule has 1 amide bonds. The summed E-state index contributed by atoms with van der Waals surface area (Å²) in [5.41, 5.74) is 2.61. The van der Waals surface area contributed by atoms with Crippen molar-refractivity contribution in [2.24, 2.45) is 0 Å². The maximum atomic E-state index is 12.2. The number of carbonyl (C=O) groups excluding carboxylic acids is 1. The molecule has 29 heavy (non-hydrogen) atoms. The van der Waals surface area contributed by atoms with Crippen LogP contribution in [0.1, 0.15) is 12.5 Å². The molecule has 4 aromatic rings. The van der Waals surface area contributed by atoms with Crippen molar-refractivity contribution in [1.29, 1.82) is 0 Å². The molecule has 0 fully saturated rings. The van der Waals surface area contributed by atoms with Crippen molar-refractivity contribution >= 4 is 45.1 Å². The van der Waals surface area contributed by atoms with Gasteiger partial charge in [0.15, 0.2) is 22.2 Å². The Hall–Kier alpha value is -2.77. The van der Waals surface area contributed by atoms with Gasteiger partial charge in [-0.3, -0.25) is 4.79 Å². The zero-order valence-electron chi connectivity index (χ0n) is 15.9. The van der Waals surface area contributed by atoms with Gasteiger partial charge in [-0.25, -0.2) is 4.98 Å². The molecule has 5 nitrogen and oxygen atoms in total. The summed E-state index contributed by atoms with van der Waals surface area (Å²) in [6, 6.07) is 17.8. The highest BCUT2D eigenvalue weighted by molar-refractivity contribution is 7.99. The fourth-order valence-corrected chi connectivity index (χ4v) is 4.37. The van der Waals surface area contributed by atoms with E-state index in [0.717, 1.165) is 16.9 Å². The number of aromatic nitrogens is 1. The van der Waals surface area contributed by atoms with Gasteiger partial charge in [-0.05, 0) is 24.6 Å². The van der Waals surface area contributed by atoms with E-state index in [1.165, 1.54) is 16.9 Å². The summed E-state index contributed by atoms with van der Waals surface area (Å²) >= 11 is 2.96. The third-order valence-electron chi connectivity index (χ3n) is 4.16. The Kier molecular flexibility index (Phi) is 6.17. The number of thiazole rings is 1. The Morgan fingerprint density at radius 2 is 2.07 bits per heavy atom. The first kappa shape index (κ1) is 19.5. The zero-order chi connectivity index (χ0) is 20.1. The predicted octanol–water partition coefficient (Wildman–Crippen LogP) is 5.83. The maximum Gasteiger partial charge on any atom is 0.236 e. The summed E-state index contributed by atoms with van der Waals surface area (Å²) in [6.07, 6.45) is 0. The van der Waals surface area contributed by atoms with Gasteiger partial charge < -0.3 is 14.5 Å². The van der Waals surface area contributed by atoms with Gasteiger partial charge in [0.1, 0.15) is 5.69 Å². The molecule has 0 aliphatic rings. The highest BCUT2D eigenvalue weighted by Crippen LogP contribution is 2.34. The Labute approximate surface area is 177 Å². The van der Waals surface area contributed by atoms with Crippen molar-refractivity contribution in [2.75, 3.05) is 17.7 Å². The monoisotopic (exact) mass is 424 g/mol. The molecular weight excluding hydrogens is 404 g/mol. The smallest absolute Gasteiger partial charge is 0.236 e. The minimum atomic E-state index is -0.0601. The molecule has 7 heteroatoms. The van der Waals surface area contributed by atoms with E-state index >= 15 is 0 Å². The zero-order valence-corrected chi connectivity index (χ0v) is 17.5. The largest absolute Gasteiger partial charge is 0.490 e. The quantitative estimate of drug-likeness (QED) is 0.386. The number of fused-ring (bicyclic) bond motifs is 1. The molecule has 0 saturated carbocycles. The van der Waals surface area contributed by atoms with Gasteiger partial charge in [-0.1, -0.05) is 42.5 Å². The standard InChI is InChI=1S/C22H20N2O3S2/c1-2-26-18-10-6-9-16-11-19(27-21(16)18)17-13-29-22(23-17)24-20(25)14-28-12-15-7-4-3-5-8-15/h3-11,13H,2,12,14H2,1H3,(H,23,24,25). The van der Waals surface area contributed by atoms with Crippen molar-refractivity contribution < 1.29 is 13.9 Å². The molecule has 0 aliphatic carbocycles. The lowest BCUT2D eigenvalue weighted by molar-refractivity contribution is -0.113. The average molecular weight is 425 g/mol. The Morgan fingerprint density at radius 3 is 2.90 bits per heavy atom. The number of para-hydroxylation sites is 1. The van der Waals surface area contributed by atoms with E-state index in [1.54, 1.807) is 11.8 Å². The Morgan fingerprint density at radius 1 is 1.21 bits per heavy atom. The molecule has 0 radical (unpaired) electrons. The van der Waals surface area contributed by atoms with Gasteiger partial charge in [-0.2, -0.15) is 0 Å². The van der Waals surface area contributed by atoms with E-state index < -0.39 is 0 Å². The average Bonchev–Trinajstić information content (AvgIpc) is 3.36. The van der Waals surface area contributed by atoms with Gasteiger partial charge in [-0.15, -0.1) is 23.1 Å². The topological polar surface area (TPSA) is 64.4 Å². The van der Waals surface area contributed by atoms with Crippen LogP contribution in [0.4, 0.5) is 5.13 Å². The molecule has 2 aromatic heterocycles. The lowest BCUT2D eigenvalue weighted by Crippen LogP contribution is -2.13. The molecule has 0 spiro atoms. The number of nitrogens with zero attached hydrogens (tertiary/aromatic N) is 1. The third-order valence-corrected chi connectivity index (χ3v) is 5.92. The van der Waals surface area contributed by atoms with E-state index in [1.807, 2.05) is 54.8 Å². The summed E-state index contributed by atoms with van der Waals surface area (Å²) in [5, 5.41) is 6.27. The van der Waals surface area contributed by atoms with Crippen LogP contribution in [0.25, 0.3) is 22.4 Å².